The van der Waals surface area contributed by atoms with Gasteiger partial charge in [-0.3, -0.25) is 0 Å². The van der Waals surface area contributed by atoms with Crippen LogP contribution in [0.4, 0.5) is 0 Å². The van der Waals surface area contributed by atoms with E-state index in [0.29, 0.717) is 25.6 Å². The largest absolute Gasteiger partial charge is 0.395 e. The summed E-state index contributed by atoms with van der Waals surface area (Å²) in [7, 11) is -3.39. The van der Waals surface area contributed by atoms with Crippen LogP contribution in [-0.2, 0) is 10.2 Å². The molecular formula is C15H28N2O3S. The molecule has 3 unspecified atom stereocenters. The molecule has 0 spiro atoms. The van der Waals surface area contributed by atoms with Crippen molar-refractivity contribution < 1.29 is 13.5 Å². The summed E-state index contributed by atoms with van der Waals surface area (Å²) in [4.78, 5) is 0. The third kappa shape index (κ3) is 3.14. The zero-order valence-corrected chi connectivity index (χ0v) is 13.6. The molecule has 3 atom stereocenters. The zero-order chi connectivity index (χ0) is 14.9. The second kappa shape index (κ2) is 6.52. The topological polar surface area (TPSA) is 60.9 Å². The van der Waals surface area contributed by atoms with Crippen LogP contribution >= 0.6 is 0 Å². The van der Waals surface area contributed by atoms with Gasteiger partial charge >= 0.3 is 0 Å². The molecule has 0 radical (unpaired) electrons. The summed E-state index contributed by atoms with van der Waals surface area (Å²) in [6.45, 7) is 1.87. The molecule has 1 N–H and O–H groups in total. The Kier molecular flexibility index (Phi) is 4.88. The average Bonchev–Trinajstić information content (AvgIpc) is 2.54. The molecule has 1 saturated carbocycles. The zero-order valence-electron chi connectivity index (χ0n) is 12.8. The van der Waals surface area contributed by atoms with Crippen molar-refractivity contribution in [3.8, 4) is 0 Å². The van der Waals surface area contributed by atoms with Crippen LogP contribution in [0.5, 0.6) is 0 Å². The molecule has 0 aromatic carbocycles. The van der Waals surface area contributed by atoms with E-state index in [-0.39, 0.29) is 12.6 Å². The molecule has 2 aliphatic heterocycles. The van der Waals surface area contributed by atoms with Crippen LogP contribution in [-0.4, -0.2) is 54.4 Å². The lowest BCUT2D eigenvalue weighted by Crippen LogP contribution is -2.55. The van der Waals surface area contributed by atoms with Crippen LogP contribution in [0.3, 0.4) is 0 Å². The molecule has 122 valence electrons. The van der Waals surface area contributed by atoms with Gasteiger partial charge in [-0.2, -0.15) is 17.0 Å². The summed E-state index contributed by atoms with van der Waals surface area (Å²) in [5.74, 6) is 1.29. The molecule has 0 aromatic heterocycles. The van der Waals surface area contributed by atoms with Crippen molar-refractivity contribution >= 4 is 10.2 Å². The summed E-state index contributed by atoms with van der Waals surface area (Å²) < 4.78 is 29.1. The Morgan fingerprint density at radius 2 is 1.62 bits per heavy atom. The molecule has 3 aliphatic rings. The molecule has 0 amide bonds. The molecule has 2 heterocycles. The Balaban J connectivity index is 1.72. The van der Waals surface area contributed by atoms with E-state index >= 15 is 0 Å². The molecule has 1 aliphatic carbocycles. The second-order valence-electron chi connectivity index (χ2n) is 6.90. The highest BCUT2D eigenvalue weighted by Crippen LogP contribution is 2.37. The Hall–Kier alpha value is -0.170. The van der Waals surface area contributed by atoms with E-state index in [1.165, 1.54) is 25.7 Å². The second-order valence-corrected chi connectivity index (χ2v) is 8.78. The summed E-state index contributed by atoms with van der Waals surface area (Å²) in [6, 6.07) is -0.215. The third-order valence-electron chi connectivity index (χ3n) is 5.66. The van der Waals surface area contributed by atoms with Gasteiger partial charge in [0.1, 0.15) is 0 Å². The van der Waals surface area contributed by atoms with Crippen molar-refractivity contribution in [2.24, 2.45) is 11.8 Å². The van der Waals surface area contributed by atoms with E-state index < -0.39 is 10.2 Å². The van der Waals surface area contributed by atoms with E-state index in [1.54, 1.807) is 8.61 Å². The number of aliphatic hydroxyl groups excluding tert-OH is 1. The van der Waals surface area contributed by atoms with Crippen LogP contribution in [0.15, 0.2) is 0 Å². The predicted octanol–water partition coefficient (Wildman–Crippen LogP) is 1.59. The van der Waals surface area contributed by atoms with Gasteiger partial charge in [0.05, 0.1) is 6.61 Å². The van der Waals surface area contributed by atoms with E-state index in [0.717, 1.165) is 31.6 Å². The van der Waals surface area contributed by atoms with Gasteiger partial charge in [-0.05, 0) is 37.5 Å². The van der Waals surface area contributed by atoms with Crippen molar-refractivity contribution in [1.82, 2.24) is 8.61 Å². The predicted molar refractivity (Wildman–Crippen MR) is 82.0 cm³/mol. The van der Waals surface area contributed by atoms with Gasteiger partial charge in [0.15, 0.2) is 0 Å². The van der Waals surface area contributed by atoms with Gasteiger partial charge in [0.25, 0.3) is 10.2 Å². The maximum atomic E-state index is 12.9. The van der Waals surface area contributed by atoms with E-state index in [2.05, 4.69) is 0 Å². The number of hydrogen-bond acceptors (Lipinski definition) is 3. The number of nitrogens with zero attached hydrogens (tertiary/aromatic N) is 2. The van der Waals surface area contributed by atoms with Gasteiger partial charge in [0, 0.05) is 25.7 Å². The van der Waals surface area contributed by atoms with Crippen molar-refractivity contribution in [3.63, 3.8) is 0 Å². The van der Waals surface area contributed by atoms with Crippen LogP contribution in [0, 0.1) is 11.8 Å². The molecule has 21 heavy (non-hydrogen) atoms. The van der Waals surface area contributed by atoms with Crippen molar-refractivity contribution in [1.29, 1.82) is 0 Å². The van der Waals surface area contributed by atoms with Crippen LogP contribution in [0.25, 0.3) is 0 Å². The lowest BCUT2D eigenvalue weighted by Gasteiger charge is -2.43. The first kappa shape index (κ1) is 15.7. The SMILES string of the molecule is O=S(=O)(N1CCC2CCCCC2C1)N1CCCCC1CO. The van der Waals surface area contributed by atoms with Gasteiger partial charge in [-0.15, -0.1) is 0 Å². The fourth-order valence-corrected chi connectivity index (χ4v) is 6.31. The number of hydrogen-bond donors (Lipinski definition) is 1. The molecule has 3 rings (SSSR count). The number of aliphatic hydroxyl groups is 1. The quantitative estimate of drug-likeness (QED) is 0.860. The maximum Gasteiger partial charge on any atom is 0.282 e. The number of rotatable bonds is 3. The molecular weight excluding hydrogens is 288 g/mol. The minimum atomic E-state index is -3.39. The highest BCUT2D eigenvalue weighted by atomic mass is 32.2. The fourth-order valence-electron chi connectivity index (χ4n) is 4.39. The van der Waals surface area contributed by atoms with Crippen LogP contribution in [0.2, 0.25) is 0 Å². The molecule has 3 fully saturated rings. The first-order valence-electron chi connectivity index (χ1n) is 8.50. The minimum Gasteiger partial charge on any atom is -0.395 e. The summed E-state index contributed by atoms with van der Waals surface area (Å²) in [6.07, 6.45) is 8.75. The third-order valence-corrected chi connectivity index (χ3v) is 7.72. The van der Waals surface area contributed by atoms with Crippen LogP contribution in [0.1, 0.15) is 51.4 Å². The average molecular weight is 316 g/mol. The molecule has 0 bridgehead atoms. The Morgan fingerprint density at radius 3 is 2.38 bits per heavy atom. The van der Waals surface area contributed by atoms with Crippen molar-refractivity contribution in [2.45, 2.75) is 57.4 Å². The lowest BCUT2D eigenvalue weighted by atomic mass is 9.76. The Morgan fingerprint density at radius 1 is 0.905 bits per heavy atom. The van der Waals surface area contributed by atoms with Crippen molar-refractivity contribution in [2.75, 3.05) is 26.2 Å². The monoisotopic (exact) mass is 316 g/mol. The Bertz CT molecular complexity index is 454. The van der Waals surface area contributed by atoms with Gasteiger partial charge in [0.2, 0.25) is 0 Å². The van der Waals surface area contributed by atoms with E-state index in [9.17, 15) is 13.5 Å². The lowest BCUT2D eigenvalue weighted by molar-refractivity contribution is 0.115. The summed E-state index contributed by atoms with van der Waals surface area (Å²) in [5.41, 5.74) is 0. The minimum absolute atomic E-state index is 0.0564. The normalized spacial score (nSPS) is 36.3. The first-order chi connectivity index (χ1) is 10.1. The summed E-state index contributed by atoms with van der Waals surface area (Å²) in [5, 5.41) is 9.49. The molecule has 5 nitrogen and oxygen atoms in total. The Labute approximate surface area is 128 Å². The van der Waals surface area contributed by atoms with Gasteiger partial charge in [-0.25, -0.2) is 0 Å². The van der Waals surface area contributed by atoms with Crippen LogP contribution < -0.4 is 0 Å². The highest BCUT2D eigenvalue weighted by Gasteiger charge is 2.41. The smallest absolute Gasteiger partial charge is 0.282 e. The fraction of sp³-hybridized carbons (Fsp3) is 1.00. The molecule has 6 heteroatoms. The maximum absolute atomic E-state index is 12.9. The summed E-state index contributed by atoms with van der Waals surface area (Å²) >= 11 is 0. The number of piperidine rings is 2. The molecule has 2 saturated heterocycles. The molecule has 0 aromatic rings. The van der Waals surface area contributed by atoms with Gasteiger partial charge < -0.3 is 5.11 Å². The highest BCUT2D eigenvalue weighted by molar-refractivity contribution is 7.86. The number of fused-ring (bicyclic) bond motifs is 1. The van der Waals surface area contributed by atoms with Crippen molar-refractivity contribution in [3.05, 3.63) is 0 Å². The van der Waals surface area contributed by atoms with Gasteiger partial charge in [-0.1, -0.05) is 25.7 Å². The van der Waals surface area contributed by atoms with E-state index in [1.807, 2.05) is 0 Å². The first-order valence-corrected chi connectivity index (χ1v) is 9.90. The van der Waals surface area contributed by atoms with E-state index in [4.69, 9.17) is 0 Å². The standard InChI is InChI=1S/C15H28N2O3S/c18-12-15-7-3-4-9-17(15)21(19,20)16-10-8-13-5-1-2-6-14(13)11-16/h13-15,18H,1-12H2.